The van der Waals surface area contributed by atoms with E-state index in [0.29, 0.717) is 19.3 Å². The summed E-state index contributed by atoms with van der Waals surface area (Å²) in [7, 11) is 0. The fraction of sp³-hybridized carbons (Fsp3) is 0.533. The molecule has 0 aliphatic heterocycles. The molecular weight excluding hydrogens is 238 g/mol. The van der Waals surface area contributed by atoms with Gasteiger partial charge in [-0.25, -0.2) is 9.67 Å². The highest BCUT2D eigenvalue weighted by molar-refractivity contribution is 5.86. The topological polar surface area (TPSA) is 47.8 Å². The molecule has 0 atom stereocenters. The first kappa shape index (κ1) is 15.3. The number of Topliss-reactive ketones (excluding diaryl/α,β-unsaturated/α-hetero) is 1. The van der Waals surface area contributed by atoms with Crippen LogP contribution in [0.4, 0.5) is 0 Å². The molecule has 0 amide bonds. The van der Waals surface area contributed by atoms with Crippen LogP contribution in [0.1, 0.15) is 45.4 Å². The van der Waals surface area contributed by atoms with Crippen molar-refractivity contribution in [2.75, 3.05) is 0 Å². The third-order valence-corrected chi connectivity index (χ3v) is 3.35. The summed E-state index contributed by atoms with van der Waals surface area (Å²) in [6.07, 6.45) is 11.3. The van der Waals surface area contributed by atoms with E-state index in [4.69, 9.17) is 0 Å². The van der Waals surface area contributed by atoms with Crippen molar-refractivity contribution >= 4 is 5.78 Å². The van der Waals surface area contributed by atoms with E-state index >= 15 is 0 Å². The molecule has 104 valence electrons. The summed E-state index contributed by atoms with van der Waals surface area (Å²) in [6, 6.07) is 0. The fourth-order valence-corrected chi connectivity index (χ4v) is 2.30. The molecule has 0 saturated heterocycles. The fourth-order valence-electron chi connectivity index (χ4n) is 2.30. The number of hydrogen-bond acceptors (Lipinski definition) is 3. The average molecular weight is 261 g/mol. The maximum absolute atomic E-state index is 12.6. The van der Waals surface area contributed by atoms with Crippen molar-refractivity contribution in [2.24, 2.45) is 0 Å². The van der Waals surface area contributed by atoms with Gasteiger partial charge >= 0.3 is 0 Å². The van der Waals surface area contributed by atoms with Gasteiger partial charge in [-0.3, -0.25) is 4.79 Å². The largest absolute Gasteiger partial charge is 0.297 e. The van der Waals surface area contributed by atoms with E-state index in [0.717, 1.165) is 19.3 Å². The lowest BCUT2D eigenvalue weighted by atomic mass is 9.84. The van der Waals surface area contributed by atoms with Crippen molar-refractivity contribution in [1.29, 1.82) is 0 Å². The molecule has 0 fully saturated rings. The molecule has 4 heteroatoms. The van der Waals surface area contributed by atoms with E-state index in [-0.39, 0.29) is 5.78 Å². The molecule has 0 aliphatic carbocycles. The SMILES string of the molecule is C=CCC(CC=C)(C(=O)CCCCC)n1cncn1. The van der Waals surface area contributed by atoms with Crippen molar-refractivity contribution < 1.29 is 4.79 Å². The van der Waals surface area contributed by atoms with Crippen LogP contribution in [-0.4, -0.2) is 20.5 Å². The molecule has 19 heavy (non-hydrogen) atoms. The molecule has 0 unspecified atom stereocenters. The molecule has 1 aromatic heterocycles. The van der Waals surface area contributed by atoms with Gasteiger partial charge in [0, 0.05) is 6.42 Å². The molecular formula is C15H23N3O. The minimum Gasteiger partial charge on any atom is -0.297 e. The summed E-state index contributed by atoms with van der Waals surface area (Å²) in [4.78, 5) is 16.6. The van der Waals surface area contributed by atoms with Crippen molar-refractivity contribution in [2.45, 2.75) is 51.0 Å². The summed E-state index contributed by atoms with van der Waals surface area (Å²) in [5.41, 5.74) is -0.701. The normalized spacial score (nSPS) is 11.2. The second-order valence-corrected chi connectivity index (χ2v) is 4.74. The number of rotatable bonds is 10. The van der Waals surface area contributed by atoms with Crippen molar-refractivity contribution in [3.05, 3.63) is 38.0 Å². The highest BCUT2D eigenvalue weighted by atomic mass is 16.1. The van der Waals surface area contributed by atoms with Crippen molar-refractivity contribution in [1.82, 2.24) is 14.8 Å². The molecule has 0 bridgehead atoms. The van der Waals surface area contributed by atoms with Gasteiger partial charge in [-0.1, -0.05) is 31.9 Å². The van der Waals surface area contributed by atoms with Gasteiger partial charge in [0.2, 0.25) is 0 Å². The highest BCUT2D eigenvalue weighted by Gasteiger charge is 2.37. The van der Waals surface area contributed by atoms with E-state index in [9.17, 15) is 4.79 Å². The van der Waals surface area contributed by atoms with Gasteiger partial charge in [-0.15, -0.1) is 13.2 Å². The van der Waals surface area contributed by atoms with Crippen molar-refractivity contribution in [3.63, 3.8) is 0 Å². The molecule has 4 nitrogen and oxygen atoms in total. The number of carbonyl (C=O) groups excluding carboxylic acids is 1. The average Bonchev–Trinajstić information content (AvgIpc) is 2.92. The van der Waals surface area contributed by atoms with Crippen LogP contribution >= 0.6 is 0 Å². The number of aromatic nitrogens is 3. The van der Waals surface area contributed by atoms with Gasteiger partial charge in [0.25, 0.3) is 0 Å². The van der Waals surface area contributed by atoms with E-state index in [2.05, 4.69) is 30.2 Å². The van der Waals surface area contributed by atoms with Gasteiger partial charge in [0.1, 0.15) is 18.2 Å². The number of nitrogens with zero attached hydrogens (tertiary/aromatic N) is 3. The summed E-state index contributed by atoms with van der Waals surface area (Å²) < 4.78 is 1.66. The third kappa shape index (κ3) is 3.63. The Morgan fingerprint density at radius 2 is 2.00 bits per heavy atom. The molecule has 0 aromatic carbocycles. The quantitative estimate of drug-likeness (QED) is 0.479. The molecule has 1 heterocycles. The number of hydrogen-bond donors (Lipinski definition) is 0. The second-order valence-electron chi connectivity index (χ2n) is 4.74. The van der Waals surface area contributed by atoms with E-state index in [1.54, 1.807) is 23.2 Å². The zero-order chi connectivity index (χ0) is 14.1. The zero-order valence-corrected chi connectivity index (χ0v) is 11.7. The first-order valence-corrected chi connectivity index (χ1v) is 6.81. The van der Waals surface area contributed by atoms with Gasteiger partial charge in [0.15, 0.2) is 5.78 Å². The predicted molar refractivity (Wildman–Crippen MR) is 76.8 cm³/mol. The molecule has 0 aliphatic rings. The number of allylic oxidation sites excluding steroid dienone is 2. The Morgan fingerprint density at radius 3 is 2.47 bits per heavy atom. The minimum atomic E-state index is -0.701. The van der Waals surface area contributed by atoms with Crippen LogP contribution in [0, 0.1) is 0 Å². The predicted octanol–water partition coefficient (Wildman–Crippen LogP) is 3.28. The lowest BCUT2D eigenvalue weighted by molar-refractivity contribution is -0.128. The van der Waals surface area contributed by atoms with Crippen LogP contribution in [-0.2, 0) is 10.3 Å². The van der Waals surface area contributed by atoms with Crippen LogP contribution in [0.2, 0.25) is 0 Å². The Labute approximate surface area is 115 Å². The van der Waals surface area contributed by atoms with Crippen molar-refractivity contribution in [3.8, 4) is 0 Å². The van der Waals surface area contributed by atoms with E-state index < -0.39 is 5.54 Å². The smallest absolute Gasteiger partial charge is 0.161 e. The standard InChI is InChI=1S/C15H23N3O/c1-4-7-8-9-14(19)15(10-5-2,11-6-3)18-13-16-12-17-18/h5-6,12-13H,2-4,7-11H2,1H3. The Balaban J connectivity index is 2.98. The maximum Gasteiger partial charge on any atom is 0.161 e. The maximum atomic E-state index is 12.6. The Morgan fingerprint density at radius 1 is 1.32 bits per heavy atom. The van der Waals surface area contributed by atoms with Gasteiger partial charge in [-0.05, 0) is 19.3 Å². The number of unbranched alkanes of at least 4 members (excludes halogenated alkanes) is 2. The first-order valence-electron chi connectivity index (χ1n) is 6.81. The van der Waals surface area contributed by atoms with Gasteiger partial charge < -0.3 is 0 Å². The monoisotopic (exact) mass is 261 g/mol. The first-order chi connectivity index (χ1) is 9.21. The molecule has 0 N–H and O–H groups in total. The van der Waals surface area contributed by atoms with Crippen LogP contribution in [0.25, 0.3) is 0 Å². The van der Waals surface area contributed by atoms with Gasteiger partial charge in [0.05, 0.1) is 0 Å². The third-order valence-electron chi connectivity index (χ3n) is 3.35. The van der Waals surface area contributed by atoms with Crippen LogP contribution in [0.15, 0.2) is 38.0 Å². The lowest BCUT2D eigenvalue weighted by Gasteiger charge is -2.30. The second kappa shape index (κ2) is 7.67. The minimum absolute atomic E-state index is 0.186. The van der Waals surface area contributed by atoms with Crippen LogP contribution in [0.3, 0.4) is 0 Å². The number of ketones is 1. The molecule has 0 saturated carbocycles. The molecule has 0 radical (unpaired) electrons. The summed E-state index contributed by atoms with van der Waals surface area (Å²) in [6.45, 7) is 9.66. The molecule has 1 aromatic rings. The summed E-state index contributed by atoms with van der Waals surface area (Å²) >= 11 is 0. The van der Waals surface area contributed by atoms with Crippen LogP contribution in [0.5, 0.6) is 0 Å². The van der Waals surface area contributed by atoms with Crippen LogP contribution < -0.4 is 0 Å². The van der Waals surface area contributed by atoms with Gasteiger partial charge in [-0.2, -0.15) is 5.10 Å². The summed E-state index contributed by atoms with van der Waals surface area (Å²) in [5, 5.41) is 4.16. The lowest BCUT2D eigenvalue weighted by Crippen LogP contribution is -2.41. The van der Waals surface area contributed by atoms with E-state index in [1.165, 1.54) is 6.33 Å². The summed E-state index contributed by atoms with van der Waals surface area (Å²) in [5.74, 6) is 0.186. The number of carbonyl (C=O) groups is 1. The Bertz CT molecular complexity index is 399. The molecule has 0 spiro atoms. The highest BCUT2D eigenvalue weighted by Crippen LogP contribution is 2.29. The Kier molecular flexibility index (Phi) is 6.19. The Hall–Kier alpha value is -1.71. The van der Waals surface area contributed by atoms with E-state index in [1.807, 2.05) is 0 Å². The zero-order valence-electron chi connectivity index (χ0n) is 11.7. The molecule has 1 rings (SSSR count).